The molecule has 2 heterocycles. The van der Waals surface area contributed by atoms with Crippen LogP contribution in [0.25, 0.3) is 0 Å². The molecule has 1 atom stereocenters. The number of hydrazone groups is 1. The normalized spacial score (nSPS) is 17.0. The Morgan fingerprint density at radius 2 is 1.63 bits per heavy atom. The molecule has 0 aromatic heterocycles. The highest BCUT2D eigenvalue weighted by Crippen LogP contribution is 2.40. The second kappa shape index (κ2) is 11.1. The Kier molecular flexibility index (Phi) is 7.51. The third-order valence-electron chi connectivity index (χ3n) is 7.25. The van der Waals surface area contributed by atoms with Gasteiger partial charge in [-0.1, -0.05) is 24.3 Å². The summed E-state index contributed by atoms with van der Waals surface area (Å²) >= 11 is 0. The summed E-state index contributed by atoms with van der Waals surface area (Å²) in [5, 5.41) is 6.49. The zero-order valence-electron chi connectivity index (χ0n) is 22.3. The molecule has 38 heavy (non-hydrogen) atoms. The number of ether oxygens (including phenoxy) is 4. The molecule has 198 valence electrons. The van der Waals surface area contributed by atoms with Gasteiger partial charge in [0.2, 0.25) is 0 Å². The number of hydrogen-bond donors (Lipinski definition) is 0. The zero-order valence-corrected chi connectivity index (χ0v) is 22.3. The smallest absolute Gasteiger partial charge is 0.257 e. The van der Waals surface area contributed by atoms with Crippen LogP contribution in [0, 0.1) is 0 Å². The number of carbonyl (C=O) groups is 1. The summed E-state index contributed by atoms with van der Waals surface area (Å²) in [7, 11) is 6.46. The quantitative estimate of drug-likeness (QED) is 0.441. The van der Waals surface area contributed by atoms with Crippen LogP contribution in [0.1, 0.15) is 34.7 Å². The Balaban J connectivity index is 1.46. The number of nitrogens with zero attached hydrogens (tertiary/aromatic N) is 3. The summed E-state index contributed by atoms with van der Waals surface area (Å²) in [6, 6.07) is 19.5. The van der Waals surface area contributed by atoms with Crippen molar-refractivity contribution in [2.75, 3.05) is 41.5 Å². The summed E-state index contributed by atoms with van der Waals surface area (Å²) in [5.74, 6) is 2.55. The molecule has 0 saturated heterocycles. The number of benzene rings is 3. The molecule has 2 aliphatic rings. The molecule has 3 aromatic rings. The first kappa shape index (κ1) is 25.6. The van der Waals surface area contributed by atoms with E-state index in [1.54, 1.807) is 33.4 Å². The summed E-state index contributed by atoms with van der Waals surface area (Å²) in [5.41, 5.74) is 5.18. The van der Waals surface area contributed by atoms with E-state index in [9.17, 15) is 4.79 Å². The van der Waals surface area contributed by atoms with E-state index in [2.05, 4.69) is 29.2 Å². The van der Waals surface area contributed by atoms with Crippen molar-refractivity contribution in [1.82, 2.24) is 9.91 Å². The lowest BCUT2D eigenvalue weighted by atomic mass is 9.97. The van der Waals surface area contributed by atoms with Crippen molar-refractivity contribution in [3.8, 4) is 23.0 Å². The molecule has 5 rings (SSSR count). The van der Waals surface area contributed by atoms with Crippen molar-refractivity contribution < 1.29 is 23.7 Å². The third-order valence-corrected chi connectivity index (χ3v) is 7.25. The Morgan fingerprint density at radius 3 is 2.37 bits per heavy atom. The molecule has 0 bridgehead atoms. The SMILES string of the molecule is COc1ccc([C@@H]2CC(c3ccc(OC)c(OC)c3)=NN2C(=O)CN2CCc3ccccc3C2)c(OC)c1. The Labute approximate surface area is 223 Å². The van der Waals surface area contributed by atoms with Crippen molar-refractivity contribution in [2.24, 2.45) is 5.10 Å². The number of fused-ring (bicyclic) bond motifs is 1. The van der Waals surface area contributed by atoms with Gasteiger partial charge < -0.3 is 18.9 Å². The molecule has 3 aromatic carbocycles. The molecular weight excluding hydrogens is 482 g/mol. The van der Waals surface area contributed by atoms with Gasteiger partial charge in [0.15, 0.2) is 11.5 Å². The van der Waals surface area contributed by atoms with Gasteiger partial charge in [0.1, 0.15) is 11.5 Å². The second-order valence-corrected chi connectivity index (χ2v) is 9.41. The fraction of sp³-hybridized carbons (Fsp3) is 0.333. The van der Waals surface area contributed by atoms with Crippen LogP contribution in [0.15, 0.2) is 65.8 Å². The van der Waals surface area contributed by atoms with E-state index < -0.39 is 0 Å². The van der Waals surface area contributed by atoms with E-state index >= 15 is 0 Å². The molecule has 8 nitrogen and oxygen atoms in total. The van der Waals surface area contributed by atoms with Gasteiger partial charge in [-0.3, -0.25) is 9.69 Å². The zero-order chi connectivity index (χ0) is 26.6. The molecule has 1 amide bonds. The third kappa shape index (κ3) is 5.04. The van der Waals surface area contributed by atoms with Crippen LogP contribution in [0.3, 0.4) is 0 Å². The van der Waals surface area contributed by atoms with Gasteiger partial charge >= 0.3 is 0 Å². The number of methoxy groups -OCH3 is 4. The summed E-state index contributed by atoms with van der Waals surface area (Å²) in [6.07, 6.45) is 1.46. The van der Waals surface area contributed by atoms with Crippen molar-refractivity contribution in [3.05, 3.63) is 82.9 Å². The van der Waals surface area contributed by atoms with E-state index in [-0.39, 0.29) is 18.5 Å². The predicted molar refractivity (Wildman–Crippen MR) is 145 cm³/mol. The van der Waals surface area contributed by atoms with Crippen molar-refractivity contribution in [1.29, 1.82) is 0 Å². The predicted octanol–water partition coefficient (Wildman–Crippen LogP) is 4.46. The molecule has 0 unspecified atom stereocenters. The average Bonchev–Trinajstić information content (AvgIpc) is 3.41. The van der Waals surface area contributed by atoms with Gasteiger partial charge in [0.05, 0.1) is 46.7 Å². The maximum Gasteiger partial charge on any atom is 0.257 e. The van der Waals surface area contributed by atoms with Crippen LogP contribution in [0.4, 0.5) is 0 Å². The van der Waals surface area contributed by atoms with Crippen LogP contribution in [0.5, 0.6) is 23.0 Å². The van der Waals surface area contributed by atoms with Gasteiger partial charge in [-0.2, -0.15) is 5.10 Å². The van der Waals surface area contributed by atoms with Gasteiger partial charge in [-0.05, 0) is 47.9 Å². The van der Waals surface area contributed by atoms with Gasteiger partial charge in [-0.15, -0.1) is 0 Å². The number of hydrogen-bond acceptors (Lipinski definition) is 7. The Hall–Kier alpha value is -4.04. The molecule has 0 N–H and O–H groups in total. The van der Waals surface area contributed by atoms with Crippen LogP contribution in [0.2, 0.25) is 0 Å². The monoisotopic (exact) mass is 515 g/mol. The lowest BCUT2D eigenvalue weighted by molar-refractivity contribution is -0.134. The van der Waals surface area contributed by atoms with Gasteiger partial charge in [-0.25, -0.2) is 5.01 Å². The molecule has 0 spiro atoms. The van der Waals surface area contributed by atoms with Crippen molar-refractivity contribution in [3.63, 3.8) is 0 Å². The molecule has 8 heteroatoms. The number of amides is 1. The molecule has 2 aliphatic heterocycles. The molecule has 0 aliphatic carbocycles. The summed E-state index contributed by atoms with van der Waals surface area (Å²) in [6.45, 7) is 1.86. The molecular formula is C30H33N3O5. The standard InChI is InChI=1S/C30H33N3O5/c1-35-23-10-11-24(28(16-23)37-3)26-17-25(21-9-12-27(36-2)29(15-21)38-4)31-33(26)30(34)19-32-14-13-20-7-5-6-8-22(20)18-32/h5-12,15-16,26H,13-14,17-19H2,1-4H3/t26-/m0/s1. The average molecular weight is 516 g/mol. The minimum atomic E-state index is -0.316. The highest BCUT2D eigenvalue weighted by molar-refractivity contribution is 6.03. The van der Waals surface area contributed by atoms with Crippen LogP contribution in [-0.2, 0) is 17.8 Å². The van der Waals surface area contributed by atoms with E-state index in [4.69, 9.17) is 24.0 Å². The summed E-state index contributed by atoms with van der Waals surface area (Å²) in [4.78, 5) is 16.0. The van der Waals surface area contributed by atoms with Crippen molar-refractivity contribution in [2.45, 2.75) is 25.4 Å². The highest BCUT2D eigenvalue weighted by atomic mass is 16.5. The Bertz CT molecular complexity index is 1360. The summed E-state index contributed by atoms with van der Waals surface area (Å²) < 4.78 is 22.0. The van der Waals surface area contributed by atoms with E-state index in [0.29, 0.717) is 29.4 Å². The van der Waals surface area contributed by atoms with E-state index in [1.165, 1.54) is 11.1 Å². The Morgan fingerprint density at radius 1 is 0.868 bits per heavy atom. The lowest BCUT2D eigenvalue weighted by Crippen LogP contribution is -2.40. The number of carbonyl (C=O) groups excluding carboxylic acids is 1. The fourth-order valence-electron chi connectivity index (χ4n) is 5.22. The second-order valence-electron chi connectivity index (χ2n) is 9.41. The number of rotatable bonds is 8. The maximum absolute atomic E-state index is 13.8. The van der Waals surface area contributed by atoms with Crippen molar-refractivity contribution >= 4 is 11.6 Å². The molecule has 0 saturated carbocycles. The largest absolute Gasteiger partial charge is 0.497 e. The topological polar surface area (TPSA) is 72.8 Å². The first-order valence-electron chi connectivity index (χ1n) is 12.7. The van der Waals surface area contributed by atoms with Crippen LogP contribution >= 0.6 is 0 Å². The van der Waals surface area contributed by atoms with Crippen LogP contribution in [-0.4, -0.2) is 63.1 Å². The maximum atomic E-state index is 13.8. The lowest BCUT2D eigenvalue weighted by Gasteiger charge is -2.30. The minimum Gasteiger partial charge on any atom is -0.497 e. The highest BCUT2D eigenvalue weighted by Gasteiger charge is 2.36. The first-order valence-corrected chi connectivity index (χ1v) is 12.7. The van der Waals surface area contributed by atoms with Gasteiger partial charge in [0, 0.05) is 36.7 Å². The molecule has 0 radical (unpaired) electrons. The first-order chi connectivity index (χ1) is 18.5. The van der Waals surface area contributed by atoms with Crippen LogP contribution < -0.4 is 18.9 Å². The van der Waals surface area contributed by atoms with E-state index in [1.807, 2.05) is 36.4 Å². The minimum absolute atomic E-state index is 0.0530. The molecule has 0 fully saturated rings. The fourth-order valence-corrected chi connectivity index (χ4v) is 5.22. The van der Waals surface area contributed by atoms with E-state index in [0.717, 1.165) is 36.3 Å². The van der Waals surface area contributed by atoms with Gasteiger partial charge in [0.25, 0.3) is 5.91 Å².